The molecule has 4 heterocycles. The van der Waals surface area contributed by atoms with Gasteiger partial charge < -0.3 is 24.7 Å². The van der Waals surface area contributed by atoms with E-state index in [1.807, 2.05) is 19.9 Å². The SMILES string of the molecule is CCC(CC)C(=O)OC[C@H]1O[C@@](C#N)(c2cc(F)c3c(N)ncnn23)[C@@H]2OC(=O)O[C@@H]21. The molecule has 2 aromatic rings. The molecule has 31 heavy (non-hydrogen) atoms. The highest BCUT2D eigenvalue weighted by Crippen LogP contribution is 2.46. The van der Waals surface area contributed by atoms with E-state index in [-0.39, 0.29) is 29.6 Å². The Bertz CT molecular complexity index is 1080. The second kappa shape index (κ2) is 7.66. The molecular formula is C19H20FN5O6. The van der Waals surface area contributed by atoms with Gasteiger partial charge in [-0.3, -0.25) is 4.79 Å². The number of rotatable bonds is 6. The van der Waals surface area contributed by atoms with Crippen molar-refractivity contribution in [3.05, 3.63) is 23.9 Å². The molecule has 11 nitrogen and oxygen atoms in total. The van der Waals surface area contributed by atoms with Gasteiger partial charge in [-0.05, 0) is 12.8 Å². The molecule has 0 spiro atoms. The molecule has 0 bridgehead atoms. The number of ether oxygens (including phenoxy) is 4. The number of carbonyl (C=O) groups excluding carboxylic acids is 2. The largest absolute Gasteiger partial charge is 0.509 e. The molecule has 2 aliphatic heterocycles. The summed E-state index contributed by atoms with van der Waals surface area (Å²) in [4.78, 5) is 27.9. The number of nitrogen functional groups attached to an aromatic ring is 1. The molecule has 2 aliphatic rings. The van der Waals surface area contributed by atoms with E-state index in [0.29, 0.717) is 12.8 Å². The first-order valence-corrected chi connectivity index (χ1v) is 9.77. The summed E-state index contributed by atoms with van der Waals surface area (Å²) < 4.78 is 37.3. The third-order valence-electron chi connectivity index (χ3n) is 5.65. The van der Waals surface area contributed by atoms with Crippen LogP contribution in [0.5, 0.6) is 0 Å². The van der Waals surface area contributed by atoms with Gasteiger partial charge in [0.2, 0.25) is 5.60 Å². The summed E-state index contributed by atoms with van der Waals surface area (Å²) in [5, 5.41) is 14.0. The molecule has 164 valence electrons. The van der Waals surface area contributed by atoms with Gasteiger partial charge in [-0.1, -0.05) is 13.8 Å². The smallest absolute Gasteiger partial charge is 0.463 e. The Hall–Kier alpha value is -3.46. The minimum absolute atomic E-state index is 0.0567. The van der Waals surface area contributed by atoms with Crippen molar-refractivity contribution in [2.45, 2.75) is 50.6 Å². The number of esters is 1. The lowest BCUT2D eigenvalue weighted by Crippen LogP contribution is -2.39. The number of hydrogen-bond donors (Lipinski definition) is 1. The minimum Gasteiger partial charge on any atom is -0.463 e. The van der Waals surface area contributed by atoms with Crippen molar-refractivity contribution < 1.29 is 32.9 Å². The standard InChI is InChI=1S/C19H20FN5O6/c1-3-9(4-2)17(26)28-6-11-14-15(30-18(27)29-14)19(7-21,31-11)12-5-10(20)13-16(22)23-8-24-25(12)13/h5,8-9,11,14-15H,3-4,6H2,1-2H3,(H2,22,23,24)/t11-,14-,15-,19+/m1/s1. The molecular weight excluding hydrogens is 413 g/mol. The van der Waals surface area contributed by atoms with Gasteiger partial charge in [0.05, 0.1) is 11.6 Å². The summed E-state index contributed by atoms with van der Waals surface area (Å²) in [5.74, 6) is -1.64. The summed E-state index contributed by atoms with van der Waals surface area (Å²) in [7, 11) is 0. The van der Waals surface area contributed by atoms with Crippen molar-refractivity contribution >= 4 is 23.5 Å². The van der Waals surface area contributed by atoms with Gasteiger partial charge in [0.1, 0.15) is 30.6 Å². The summed E-state index contributed by atoms with van der Waals surface area (Å²) >= 11 is 0. The Kier molecular flexibility index (Phi) is 5.14. The van der Waals surface area contributed by atoms with Crippen LogP contribution in [0.3, 0.4) is 0 Å². The van der Waals surface area contributed by atoms with Crippen LogP contribution in [0.4, 0.5) is 15.0 Å². The first-order chi connectivity index (χ1) is 14.9. The third kappa shape index (κ3) is 3.12. The van der Waals surface area contributed by atoms with Crippen LogP contribution in [0.1, 0.15) is 32.4 Å². The van der Waals surface area contributed by atoms with Gasteiger partial charge in [0, 0.05) is 6.07 Å². The molecule has 2 N–H and O–H groups in total. The number of aromatic nitrogens is 3. The zero-order chi connectivity index (χ0) is 22.3. The van der Waals surface area contributed by atoms with Crippen molar-refractivity contribution in [2.75, 3.05) is 12.3 Å². The van der Waals surface area contributed by atoms with Crippen molar-refractivity contribution in [1.82, 2.24) is 14.6 Å². The monoisotopic (exact) mass is 433 g/mol. The molecule has 0 aromatic carbocycles. The number of nitriles is 1. The maximum Gasteiger partial charge on any atom is 0.509 e. The second-order valence-electron chi connectivity index (χ2n) is 7.30. The normalized spacial score (nSPS) is 27.1. The van der Waals surface area contributed by atoms with E-state index in [2.05, 4.69) is 10.1 Å². The van der Waals surface area contributed by atoms with Crippen LogP contribution in [0, 0.1) is 23.1 Å². The maximum absolute atomic E-state index is 14.6. The van der Waals surface area contributed by atoms with Gasteiger partial charge in [0.15, 0.2) is 23.8 Å². The Morgan fingerprint density at radius 1 is 1.45 bits per heavy atom. The number of nitrogens with two attached hydrogens (primary N) is 1. The van der Waals surface area contributed by atoms with Crippen molar-refractivity contribution in [3.8, 4) is 6.07 Å². The van der Waals surface area contributed by atoms with Gasteiger partial charge in [0.25, 0.3) is 0 Å². The van der Waals surface area contributed by atoms with Crippen molar-refractivity contribution in [2.24, 2.45) is 5.92 Å². The van der Waals surface area contributed by atoms with E-state index in [0.717, 1.165) is 16.9 Å². The lowest BCUT2D eigenvalue weighted by atomic mass is 9.92. The number of halogens is 1. The molecule has 4 rings (SSSR count). The van der Waals surface area contributed by atoms with Gasteiger partial charge in [-0.25, -0.2) is 18.7 Å². The lowest BCUT2D eigenvalue weighted by Gasteiger charge is -2.24. The molecule has 0 amide bonds. The predicted molar refractivity (Wildman–Crippen MR) is 99.7 cm³/mol. The Labute approximate surface area is 175 Å². The van der Waals surface area contributed by atoms with E-state index in [4.69, 9.17) is 24.7 Å². The fraction of sp³-hybridized carbons (Fsp3) is 0.526. The van der Waals surface area contributed by atoms with Crippen LogP contribution >= 0.6 is 0 Å². The van der Waals surface area contributed by atoms with Gasteiger partial charge in [-0.15, -0.1) is 0 Å². The zero-order valence-electron chi connectivity index (χ0n) is 16.8. The summed E-state index contributed by atoms with van der Waals surface area (Å²) in [6.07, 6.45) is -2.01. The van der Waals surface area contributed by atoms with Crippen LogP contribution < -0.4 is 5.73 Å². The minimum atomic E-state index is -1.98. The summed E-state index contributed by atoms with van der Waals surface area (Å²) in [5.41, 5.74) is 3.56. The first-order valence-electron chi connectivity index (χ1n) is 9.77. The Balaban J connectivity index is 1.71. The summed E-state index contributed by atoms with van der Waals surface area (Å²) in [6, 6.07) is 2.98. The molecule has 2 aromatic heterocycles. The average Bonchev–Trinajstić information content (AvgIpc) is 3.39. The summed E-state index contributed by atoms with van der Waals surface area (Å²) in [6.45, 7) is 3.45. The third-order valence-corrected chi connectivity index (χ3v) is 5.65. The Morgan fingerprint density at radius 2 is 2.19 bits per heavy atom. The Morgan fingerprint density at radius 3 is 2.87 bits per heavy atom. The first kappa shape index (κ1) is 20.8. The molecule has 0 saturated carbocycles. The molecule has 0 radical (unpaired) electrons. The van der Waals surface area contributed by atoms with Crippen LogP contribution in [-0.4, -0.2) is 51.6 Å². The molecule has 12 heteroatoms. The quantitative estimate of drug-likeness (QED) is 0.663. The zero-order valence-corrected chi connectivity index (χ0v) is 16.8. The number of carbonyl (C=O) groups is 2. The number of hydrogen-bond acceptors (Lipinski definition) is 10. The topological polar surface area (TPSA) is 151 Å². The van der Waals surface area contributed by atoms with Crippen molar-refractivity contribution in [3.63, 3.8) is 0 Å². The predicted octanol–water partition coefficient (Wildman–Crippen LogP) is 1.45. The van der Waals surface area contributed by atoms with E-state index < -0.39 is 41.9 Å². The van der Waals surface area contributed by atoms with E-state index in [1.165, 1.54) is 0 Å². The average molecular weight is 433 g/mol. The highest BCUT2D eigenvalue weighted by molar-refractivity contribution is 5.72. The number of anilines is 1. The fourth-order valence-corrected chi connectivity index (χ4v) is 4.00. The van der Waals surface area contributed by atoms with E-state index in [9.17, 15) is 19.2 Å². The fourth-order valence-electron chi connectivity index (χ4n) is 4.00. The van der Waals surface area contributed by atoms with E-state index in [1.54, 1.807) is 0 Å². The lowest BCUT2D eigenvalue weighted by molar-refractivity contribution is -0.156. The highest BCUT2D eigenvalue weighted by atomic mass is 19.1. The van der Waals surface area contributed by atoms with Crippen LogP contribution in [0.25, 0.3) is 5.52 Å². The number of fused-ring (bicyclic) bond motifs is 2. The second-order valence-corrected chi connectivity index (χ2v) is 7.30. The van der Waals surface area contributed by atoms with Crippen LogP contribution in [0.15, 0.2) is 12.4 Å². The molecule has 0 aliphatic carbocycles. The van der Waals surface area contributed by atoms with Crippen molar-refractivity contribution in [1.29, 1.82) is 5.26 Å². The van der Waals surface area contributed by atoms with E-state index >= 15 is 0 Å². The molecule has 2 saturated heterocycles. The molecule has 4 atom stereocenters. The van der Waals surface area contributed by atoms with Crippen LogP contribution in [0.2, 0.25) is 0 Å². The maximum atomic E-state index is 14.6. The van der Waals surface area contributed by atoms with Gasteiger partial charge in [-0.2, -0.15) is 10.4 Å². The number of nitrogens with zero attached hydrogens (tertiary/aromatic N) is 4. The van der Waals surface area contributed by atoms with Gasteiger partial charge >= 0.3 is 12.1 Å². The molecule has 0 unspecified atom stereocenters. The highest BCUT2D eigenvalue weighted by Gasteiger charge is 2.66. The van der Waals surface area contributed by atoms with Crippen LogP contribution in [-0.2, 0) is 29.3 Å². The molecule has 2 fully saturated rings.